The summed E-state index contributed by atoms with van der Waals surface area (Å²) in [6, 6.07) is 26.9. The van der Waals surface area contributed by atoms with Crippen molar-refractivity contribution in [2.24, 2.45) is 0 Å². The molecule has 150 valence electrons. The number of rotatable bonds is 5. The molecular weight excluding hydrogens is 386 g/mol. The lowest BCUT2D eigenvalue weighted by atomic mass is 10.1. The predicted octanol–water partition coefficient (Wildman–Crippen LogP) is 5.73. The molecule has 3 aromatic rings. The first kappa shape index (κ1) is 20.7. The summed E-state index contributed by atoms with van der Waals surface area (Å²) >= 11 is 0. The van der Waals surface area contributed by atoms with Gasteiger partial charge in [0.05, 0.1) is 12.1 Å². The van der Waals surface area contributed by atoms with Crippen LogP contribution in [0.25, 0.3) is 0 Å². The maximum Gasteiger partial charge on any atom is 0.338 e. The van der Waals surface area contributed by atoms with Crippen molar-refractivity contribution in [3.8, 4) is 11.5 Å². The molecule has 1 aliphatic rings. The van der Waals surface area contributed by atoms with Crippen molar-refractivity contribution in [3.63, 3.8) is 0 Å². The number of para-hydroxylation sites is 2. The number of anilines is 1. The average Bonchev–Trinajstić information content (AvgIpc) is 2.76. The number of piperidine rings is 1. The predicted molar refractivity (Wildman–Crippen MR) is 117 cm³/mol. The van der Waals surface area contributed by atoms with Crippen LogP contribution in [0.1, 0.15) is 23.2 Å². The highest BCUT2D eigenvalue weighted by atomic mass is 35.5. The lowest BCUT2D eigenvalue weighted by Gasteiger charge is -2.34. The molecule has 5 heteroatoms. The zero-order valence-corrected chi connectivity index (χ0v) is 16.9. The highest BCUT2D eigenvalue weighted by molar-refractivity contribution is 5.89. The second kappa shape index (κ2) is 9.99. The lowest BCUT2D eigenvalue weighted by Crippen LogP contribution is -2.40. The van der Waals surface area contributed by atoms with Crippen LogP contribution in [0.3, 0.4) is 0 Å². The fourth-order valence-electron chi connectivity index (χ4n) is 3.41. The van der Waals surface area contributed by atoms with E-state index in [1.165, 1.54) is 5.69 Å². The van der Waals surface area contributed by atoms with Gasteiger partial charge in [0, 0.05) is 12.2 Å². The maximum atomic E-state index is 12.5. The van der Waals surface area contributed by atoms with Crippen molar-refractivity contribution in [1.29, 1.82) is 0 Å². The van der Waals surface area contributed by atoms with Crippen LogP contribution in [-0.4, -0.2) is 25.2 Å². The van der Waals surface area contributed by atoms with E-state index in [1.54, 1.807) is 24.3 Å². The Bertz CT molecular complexity index is 900. The van der Waals surface area contributed by atoms with Crippen molar-refractivity contribution >= 4 is 24.1 Å². The van der Waals surface area contributed by atoms with Crippen LogP contribution in [0, 0.1) is 0 Å². The molecular formula is C24H24ClNO3. The van der Waals surface area contributed by atoms with Gasteiger partial charge < -0.3 is 14.4 Å². The smallest absolute Gasteiger partial charge is 0.338 e. The van der Waals surface area contributed by atoms with Gasteiger partial charge in [-0.1, -0.05) is 36.4 Å². The molecule has 1 saturated heterocycles. The van der Waals surface area contributed by atoms with E-state index < -0.39 is 0 Å². The van der Waals surface area contributed by atoms with E-state index in [4.69, 9.17) is 9.47 Å². The number of ether oxygens (including phenoxy) is 2. The van der Waals surface area contributed by atoms with Gasteiger partial charge in [-0.2, -0.15) is 0 Å². The highest BCUT2D eigenvalue weighted by Gasteiger charge is 2.23. The second-order valence-electron chi connectivity index (χ2n) is 6.89. The summed E-state index contributed by atoms with van der Waals surface area (Å²) in [5, 5.41) is 0. The van der Waals surface area contributed by atoms with E-state index in [9.17, 15) is 4.79 Å². The van der Waals surface area contributed by atoms with E-state index in [0.717, 1.165) is 31.7 Å². The summed E-state index contributed by atoms with van der Waals surface area (Å²) in [5.74, 6) is 1.17. The molecule has 0 aliphatic carbocycles. The standard InChI is InChI=1S/C24H23NO3.ClH/c26-24(19-13-15-22(16-14-19)27-21-10-5-2-6-11-21)28-23-12-7-17-25(18-23)20-8-3-1-4-9-20;/h1-6,8-11,13-16,23H,7,12,17-18H2;1H. The van der Waals surface area contributed by atoms with Crippen molar-refractivity contribution in [2.75, 3.05) is 18.0 Å². The van der Waals surface area contributed by atoms with Gasteiger partial charge in [-0.3, -0.25) is 0 Å². The first-order chi connectivity index (χ1) is 13.8. The number of esters is 1. The Balaban J connectivity index is 0.00000240. The number of hydrogen-bond donors (Lipinski definition) is 0. The summed E-state index contributed by atoms with van der Waals surface area (Å²) in [6.45, 7) is 1.72. The van der Waals surface area contributed by atoms with Crippen LogP contribution in [0.5, 0.6) is 11.5 Å². The van der Waals surface area contributed by atoms with Gasteiger partial charge in [0.25, 0.3) is 0 Å². The minimum absolute atomic E-state index is 0. The largest absolute Gasteiger partial charge is 0.457 e. The number of hydrogen-bond acceptors (Lipinski definition) is 4. The summed E-state index contributed by atoms with van der Waals surface area (Å²) in [4.78, 5) is 14.8. The van der Waals surface area contributed by atoms with Crippen molar-refractivity contribution < 1.29 is 14.3 Å². The summed E-state index contributed by atoms with van der Waals surface area (Å²) < 4.78 is 11.5. The summed E-state index contributed by atoms with van der Waals surface area (Å²) in [7, 11) is 0. The first-order valence-corrected chi connectivity index (χ1v) is 9.62. The Kier molecular flexibility index (Phi) is 7.14. The molecule has 0 spiro atoms. The normalized spacial score (nSPS) is 15.9. The van der Waals surface area contributed by atoms with Gasteiger partial charge in [0.1, 0.15) is 17.6 Å². The van der Waals surface area contributed by atoms with Gasteiger partial charge in [-0.15, -0.1) is 12.4 Å². The Morgan fingerprint density at radius 1 is 0.828 bits per heavy atom. The van der Waals surface area contributed by atoms with Crippen LogP contribution in [0.15, 0.2) is 84.9 Å². The number of benzene rings is 3. The molecule has 1 heterocycles. The topological polar surface area (TPSA) is 38.8 Å². The van der Waals surface area contributed by atoms with Crippen molar-refractivity contribution in [2.45, 2.75) is 18.9 Å². The number of carbonyl (C=O) groups is 1. The Hall–Kier alpha value is -2.98. The van der Waals surface area contributed by atoms with E-state index in [2.05, 4.69) is 17.0 Å². The van der Waals surface area contributed by atoms with Crippen LogP contribution in [0.2, 0.25) is 0 Å². The lowest BCUT2D eigenvalue weighted by molar-refractivity contribution is 0.0270. The van der Waals surface area contributed by atoms with Gasteiger partial charge in [0.2, 0.25) is 0 Å². The third kappa shape index (κ3) is 5.52. The molecule has 4 rings (SSSR count). The summed E-state index contributed by atoms with van der Waals surface area (Å²) in [6.07, 6.45) is 1.81. The zero-order chi connectivity index (χ0) is 19.2. The fourth-order valence-corrected chi connectivity index (χ4v) is 3.41. The van der Waals surface area contributed by atoms with Gasteiger partial charge >= 0.3 is 5.97 Å². The molecule has 0 amide bonds. The molecule has 0 aromatic heterocycles. The molecule has 1 unspecified atom stereocenters. The molecule has 4 nitrogen and oxygen atoms in total. The monoisotopic (exact) mass is 409 g/mol. The number of nitrogens with zero attached hydrogens (tertiary/aromatic N) is 1. The fraction of sp³-hybridized carbons (Fsp3) is 0.208. The van der Waals surface area contributed by atoms with Crippen molar-refractivity contribution in [1.82, 2.24) is 0 Å². The number of halogens is 1. The molecule has 1 atom stereocenters. The third-order valence-electron chi connectivity index (χ3n) is 4.84. The maximum absolute atomic E-state index is 12.5. The van der Waals surface area contributed by atoms with E-state index in [1.807, 2.05) is 48.5 Å². The first-order valence-electron chi connectivity index (χ1n) is 9.62. The molecule has 0 saturated carbocycles. The van der Waals surface area contributed by atoms with Crippen LogP contribution >= 0.6 is 12.4 Å². The van der Waals surface area contributed by atoms with E-state index in [-0.39, 0.29) is 24.5 Å². The number of carbonyl (C=O) groups excluding carboxylic acids is 1. The minimum Gasteiger partial charge on any atom is -0.457 e. The molecule has 0 bridgehead atoms. The van der Waals surface area contributed by atoms with Crippen LogP contribution in [-0.2, 0) is 4.74 Å². The zero-order valence-electron chi connectivity index (χ0n) is 16.1. The molecule has 29 heavy (non-hydrogen) atoms. The van der Waals surface area contributed by atoms with Gasteiger partial charge in [-0.25, -0.2) is 4.79 Å². The van der Waals surface area contributed by atoms with Gasteiger partial charge in [0.15, 0.2) is 0 Å². The molecule has 1 aliphatic heterocycles. The van der Waals surface area contributed by atoms with Crippen LogP contribution in [0.4, 0.5) is 5.69 Å². The van der Waals surface area contributed by atoms with E-state index >= 15 is 0 Å². The summed E-state index contributed by atoms with van der Waals surface area (Å²) in [5.41, 5.74) is 1.71. The minimum atomic E-state index is -0.286. The Labute approximate surface area is 177 Å². The third-order valence-corrected chi connectivity index (χ3v) is 4.84. The van der Waals surface area contributed by atoms with Crippen LogP contribution < -0.4 is 9.64 Å². The average molecular weight is 410 g/mol. The molecule has 0 N–H and O–H groups in total. The second-order valence-corrected chi connectivity index (χ2v) is 6.89. The molecule has 0 radical (unpaired) electrons. The SMILES string of the molecule is Cl.O=C(OC1CCCN(c2ccccc2)C1)c1ccc(Oc2ccccc2)cc1. The van der Waals surface area contributed by atoms with Gasteiger partial charge in [-0.05, 0) is 61.4 Å². The Morgan fingerprint density at radius 2 is 1.45 bits per heavy atom. The van der Waals surface area contributed by atoms with E-state index in [0.29, 0.717) is 11.3 Å². The van der Waals surface area contributed by atoms with Crippen molar-refractivity contribution in [3.05, 3.63) is 90.5 Å². The molecule has 1 fully saturated rings. The highest BCUT2D eigenvalue weighted by Crippen LogP contribution is 2.24. The quantitative estimate of drug-likeness (QED) is 0.504. The Morgan fingerprint density at radius 3 is 2.14 bits per heavy atom. The molecule has 3 aromatic carbocycles.